The topological polar surface area (TPSA) is 105 Å². The summed E-state index contributed by atoms with van der Waals surface area (Å²) in [6.45, 7) is 3.75. The Balaban J connectivity index is 1.74. The molecular formula is C19H20N4O4S2. The Hall–Kier alpha value is -2.72. The van der Waals surface area contributed by atoms with E-state index in [2.05, 4.69) is 15.2 Å². The smallest absolute Gasteiger partial charge is 0.344 e. The minimum Gasteiger partial charge on any atom is -0.479 e. The first-order chi connectivity index (χ1) is 13.9. The van der Waals surface area contributed by atoms with Gasteiger partial charge in [0.05, 0.1) is 4.91 Å². The van der Waals surface area contributed by atoms with Crippen LogP contribution in [0.25, 0.3) is 6.08 Å². The van der Waals surface area contributed by atoms with Gasteiger partial charge in [-0.15, -0.1) is 10.2 Å². The van der Waals surface area contributed by atoms with Crippen molar-refractivity contribution in [2.24, 2.45) is 4.99 Å². The van der Waals surface area contributed by atoms with Gasteiger partial charge in [-0.3, -0.25) is 9.69 Å². The fourth-order valence-electron chi connectivity index (χ4n) is 2.43. The van der Waals surface area contributed by atoms with Crippen LogP contribution in [0.3, 0.4) is 0 Å². The summed E-state index contributed by atoms with van der Waals surface area (Å²) >= 11 is 2.68. The number of amidine groups is 1. The molecule has 0 aliphatic carbocycles. The zero-order valence-corrected chi connectivity index (χ0v) is 17.8. The zero-order chi connectivity index (χ0) is 21.0. The number of hydrogen-bond donors (Lipinski definition) is 1. The number of aliphatic imine (C=N–C) groups is 1. The number of carboxylic acid groups (broad SMARTS) is 1. The predicted molar refractivity (Wildman–Crippen MR) is 114 cm³/mol. The molecule has 1 aromatic carbocycles. The maximum Gasteiger partial charge on any atom is 0.344 e. The van der Waals surface area contributed by atoms with Crippen LogP contribution in [0.4, 0.5) is 5.13 Å². The van der Waals surface area contributed by atoms with Gasteiger partial charge >= 0.3 is 5.97 Å². The quantitative estimate of drug-likeness (QED) is 0.667. The van der Waals surface area contributed by atoms with E-state index in [0.29, 0.717) is 27.4 Å². The van der Waals surface area contributed by atoms with Gasteiger partial charge in [-0.05, 0) is 48.4 Å². The molecule has 0 radical (unpaired) electrons. The number of thioether (sulfide) groups is 1. The molecule has 3 rings (SSSR count). The molecule has 1 amide bonds. The van der Waals surface area contributed by atoms with E-state index >= 15 is 0 Å². The maximum absolute atomic E-state index is 12.5. The van der Waals surface area contributed by atoms with Gasteiger partial charge in [0.2, 0.25) is 5.13 Å². The van der Waals surface area contributed by atoms with Gasteiger partial charge in [0.15, 0.2) is 11.3 Å². The summed E-state index contributed by atoms with van der Waals surface area (Å²) < 4.78 is 5.45. The second-order valence-electron chi connectivity index (χ2n) is 6.12. The van der Waals surface area contributed by atoms with Gasteiger partial charge < -0.3 is 9.84 Å². The summed E-state index contributed by atoms with van der Waals surface area (Å²) in [7, 11) is 1.67. The molecule has 1 aromatic heterocycles. The number of benzene rings is 1. The van der Waals surface area contributed by atoms with Gasteiger partial charge in [0.25, 0.3) is 5.91 Å². The number of ether oxygens (including phenoxy) is 1. The molecule has 0 bridgehead atoms. The highest BCUT2D eigenvalue weighted by Gasteiger charge is 2.30. The van der Waals surface area contributed by atoms with Crippen molar-refractivity contribution in [3.63, 3.8) is 0 Å². The molecule has 29 heavy (non-hydrogen) atoms. The molecule has 1 atom stereocenters. The SMILES string of the molecule is CCc1nnc(/N=C2/S/C(=C/c3ccc(OC(CC)C(=O)O)cc3)C(=O)N2C)s1. The molecule has 1 N–H and O–H groups in total. The van der Waals surface area contributed by atoms with E-state index in [4.69, 9.17) is 9.84 Å². The minimum absolute atomic E-state index is 0.147. The molecule has 2 heterocycles. The van der Waals surface area contributed by atoms with E-state index in [1.54, 1.807) is 44.3 Å². The van der Waals surface area contributed by atoms with Crippen molar-refractivity contribution in [3.8, 4) is 5.75 Å². The van der Waals surface area contributed by atoms with E-state index in [1.807, 2.05) is 6.92 Å². The predicted octanol–water partition coefficient (Wildman–Crippen LogP) is 3.58. The van der Waals surface area contributed by atoms with E-state index in [1.165, 1.54) is 28.0 Å². The van der Waals surface area contributed by atoms with Gasteiger partial charge in [-0.2, -0.15) is 4.99 Å². The molecule has 2 aromatic rings. The van der Waals surface area contributed by atoms with Crippen LogP contribution in [0, 0.1) is 0 Å². The lowest BCUT2D eigenvalue weighted by atomic mass is 10.2. The summed E-state index contributed by atoms with van der Waals surface area (Å²) in [5, 5.41) is 19.1. The monoisotopic (exact) mass is 432 g/mol. The molecule has 10 heteroatoms. The van der Waals surface area contributed by atoms with Crippen LogP contribution in [0.15, 0.2) is 34.2 Å². The first-order valence-electron chi connectivity index (χ1n) is 8.99. The van der Waals surface area contributed by atoms with Crippen molar-refractivity contribution in [2.45, 2.75) is 32.8 Å². The average molecular weight is 433 g/mol. The number of hydrogen-bond acceptors (Lipinski definition) is 8. The number of likely N-dealkylation sites (N-methyl/N-ethyl adjacent to an activating group) is 1. The number of rotatable bonds is 7. The highest BCUT2D eigenvalue weighted by atomic mass is 32.2. The second-order valence-corrected chi connectivity index (χ2v) is 8.17. The van der Waals surface area contributed by atoms with Crippen molar-refractivity contribution < 1.29 is 19.4 Å². The molecule has 0 saturated carbocycles. The Morgan fingerprint density at radius 3 is 2.62 bits per heavy atom. The molecule has 1 aliphatic rings. The van der Waals surface area contributed by atoms with Crippen molar-refractivity contribution in [2.75, 3.05) is 7.05 Å². The van der Waals surface area contributed by atoms with Crippen LogP contribution in [0.5, 0.6) is 5.75 Å². The molecule has 1 saturated heterocycles. The van der Waals surface area contributed by atoms with Crippen molar-refractivity contribution in [3.05, 3.63) is 39.7 Å². The second kappa shape index (κ2) is 9.19. The fourth-order valence-corrected chi connectivity index (χ4v) is 4.11. The number of aromatic nitrogens is 2. The van der Waals surface area contributed by atoms with Crippen LogP contribution in [0.2, 0.25) is 0 Å². The summed E-state index contributed by atoms with van der Waals surface area (Å²) in [4.78, 5) is 30.1. The van der Waals surface area contributed by atoms with E-state index in [-0.39, 0.29) is 5.91 Å². The van der Waals surface area contributed by atoms with Crippen molar-refractivity contribution in [1.82, 2.24) is 15.1 Å². The third-order valence-electron chi connectivity index (χ3n) is 4.06. The Bertz CT molecular complexity index is 969. The van der Waals surface area contributed by atoms with Crippen molar-refractivity contribution in [1.29, 1.82) is 0 Å². The average Bonchev–Trinajstić information content (AvgIpc) is 3.27. The zero-order valence-electron chi connectivity index (χ0n) is 16.2. The summed E-state index contributed by atoms with van der Waals surface area (Å²) in [6.07, 6.45) is 2.05. The highest BCUT2D eigenvalue weighted by molar-refractivity contribution is 8.18. The Morgan fingerprint density at radius 1 is 1.31 bits per heavy atom. The van der Waals surface area contributed by atoms with Gasteiger partial charge in [-0.1, -0.05) is 37.3 Å². The van der Waals surface area contributed by atoms with Gasteiger partial charge in [0, 0.05) is 7.05 Å². The lowest BCUT2D eigenvalue weighted by Gasteiger charge is -2.13. The van der Waals surface area contributed by atoms with E-state index in [9.17, 15) is 9.59 Å². The van der Waals surface area contributed by atoms with Crippen molar-refractivity contribution >= 4 is 51.4 Å². The number of amides is 1. The highest BCUT2D eigenvalue weighted by Crippen LogP contribution is 2.34. The summed E-state index contributed by atoms with van der Waals surface area (Å²) in [5.74, 6) is -0.677. The van der Waals surface area contributed by atoms with Gasteiger partial charge in [0.1, 0.15) is 10.8 Å². The Morgan fingerprint density at radius 2 is 2.03 bits per heavy atom. The largest absolute Gasteiger partial charge is 0.479 e. The number of carboxylic acids is 1. The number of aliphatic carboxylic acids is 1. The van der Waals surface area contributed by atoms with Crippen LogP contribution in [0.1, 0.15) is 30.8 Å². The molecule has 1 fully saturated rings. The Labute approximate surface area is 176 Å². The first-order valence-corrected chi connectivity index (χ1v) is 10.6. The van der Waals surface area contributed by atoms with E-state index in [0.717, 1.165) is 17.0 Å². The number of nitrogens with zero attached hydrogens (tertiary/aromatic N) is 4. The number of carbonyl (C=O) groups excluding carboxylic acids is 1. The van der Waals surface area contributed by atoms with Crippen LogP contribution >= 0.6 is 23.1 Å². The number of carbonyl (C=O) groups is 2. The van der Waals surface area contributed by atoms with E-state index < -0.39 is 12.1 Å². The third-order valence-corrected chi connectivity index (χ3v) is 6.08. The summed E-state index contributed by atoms with van der Waals surface area (Å²) in [5.41, 5.74) is 0.801. The van der Waals surface area contributed by atoms with Crippen LogP contribution < -0.4 is 4.74 Å². The lowest BCUT2D eigenvalue weighted by molar-refractivity contribution is -0.145. The maximum atomic E-state index is 12.5. The fraction of sp³-hybridized carbons (Fsp3) is 0.316. The standard InChI is InChI=1S/C19H20N4O4S2/c1-4-13(17(25)26)27-12-8-6-11(7-9-12)10-14-16(24)23(3)19(28-14)20-18-22-21-15(5-2)29-18/h6-10,13H,4-5H2,1-3H3,(H,25,26)/b14-10+,20-19+. The Kier molecular flexibility index (Phi) is 6.65. The van der Waals surface area contributed by atoms with Crippen LogP contribution in [-0.4, -0.2) is 50.4 Å². The lowest BCUT2D eigenvalue weighted by Crippen LogP contribution is -2.25. The molecule has 8 nitrogen and oxygen atoms in total. The molecule has 1 aliphatic heterocycles. The molecule has 1 unspecified atom stereocenters. The normalized spacial score (nSPS) is 17.9. The molecular weight excluding hydrogens is 412 g/mol. The van der Waals surface area contributed by atoms with Gasteiger partial charge in [-0.25, -0.2) is 4.79 Å². The summed E-state index contributed by atoms with van der Waals surface area (Å²) in [6, 6.07) is 6.93. The third kappa shape index (κ3) is 5.01. The molecule has 152 valence electrons. The minimum atomic E-state index is -0.997. The number of aryl methyl sites for hydroxylation is 1. The molecule has 0 spiro atoms. The van der Waals surface area contributed by atoms with Crippen LogP contribution in [-0.2, 0) is 16.0 Å². The first kappa shape index (κ1) is 21.0.